The van der Waals surface area contributed by atoms with Crippen molar-refractivity contribution in [2.24, 2.45) is 0 Å². The Hall–Kier alpha value is -1.91. The molecule has 2 rings (SSSR count). The molecule has 0 atom stereocenters. The molecule has 0 aromatic carbocycles. The Morgan fingerprint density at radius 1 is 1.41 bits per heavy atom. The first-order valence-corrected chi connectivity index (χ1v) is 5.69. The monoisotopic (exact) mass is 233 g/mol. The summed E-state index contributed by atoms with van der Waals surface area (Å²) < 4.78 is 6.92. The molecule has 0 bridgehead atoms. The van der Waals surface area contributed by atoms with Gasteiger partial charge in [-0.1, -0.05) is 13.3 Å². The maximum Gasteiger partial charge on any atom is 0.358 e. The third kappa shape index (κ3) is 2.43. The van der Waals surface area contributed by atoms with Gasteiger partial charge in [0.25, 0.3) is 0 Å². The first kappa shape index (κ1) is 11.6. The summed E-state index contributed by atoms with van der Waals surface area (Å²) in [5.74, 6) is -0.381. The van der Waals surface area contributed by atoms with Gasteiger partial charge in [-0.3, -0.25) is 0 Å². The minimum atomic E-state index is -0.381. The Bertz CT molecular complexity index is 534. The predicted molar refractivity (Wildman–Crippen MR) is 62.9 cm³/mol. The molecule has 5 nitrogen and oxygen atoms in total. The van der Waals surface area contributed by atoms with Crippen LogP contribution >= 0.6 is 0 Å². The highest BCUT2D eigenvalue weighted by atomic mass is 16.5. The highest BCUT2D eigenvalue weighted by Crippen LogP contribution is 2.06. The molecule has 2 heterocycles. The molecular weight excluding hydrogens is 218 g/mol. The van der Waals surface area contributed by atoms with E-state index in [0.29, 0.717) is 12.3 Å². The average Bonchev–Trinajstić information content (AvgIpc) is 2.71. The molecule has 0 radical (unpaired) electrons. The summed E-state index contributed by atoms with van der Waals surface area (Å²) in [7, 11) is 0. The second kappa shape index (κ2) is 4.95. The van der Waals surface area contributed by atoms with E-state index in [2.05, 4.69) is 9.97 Å². The summed E-state index contributed by atoms with van der Waals surface area (Å²) in [5, 5.41) is 0. The zero-order chi connectivity index (χ0) is 12.3. The summed E-state index contributed by atoms with van der Waals surface area (Å²) in [4.78, 5) is 19.9. The Morgan fingerprint density at radius 2 is 2.24 bits per heavy atom. The molecule has 0 saturated heterocycles. The van der Waals surface area contributed by atoms with Crippen molar-refractivity contribution in [2.45, 2.75) is 26.7 Å². The quantitative estimate of drug-likeness (QED) is 0.598. The van der Waals surface area contributed by atoms with Gasteiger partial charge in [-0.05, 0) is 13.3 Å². The van der Waals surface area contributed by atoms with Crippen molar-refractivity contribution in [3.63, 3.8) is 0 Å². The fourth-order valence-electron chi connectivity index (χ4n) is 1.50. The highest BCUT2D eigenvalue weighted by Gasteiger charge is 2.10. The van der Waals surface area contributed by atoms with Gasteiger partial charge in [0.2, 0.25) is 0 Å². The number of rotatable bonds is 4. The first-order valence-electron chi connectivity index (χ1n) is 5.69. The second-order valence-electron chi connectivity index (χ2n) is 3.89. The van der Waals surface area contributed by atoms with Gasteiger partial charge in [-0.25, -0.2) is 14.8 Å². The molecule has 2 aromatic rings. The van der Waals surface area contributed by atoms with Crippen LogP contribution in [0.2, 0.25) is 0 Å². The largest absolute Gasteiger partial charge is 0.461 e. The van der Waals surface area contributed by atoms with Gasteiger partial charge >= 0.3 is 5.97 Å². The van der Waals surface area contributed by atoms with Crippen LogP contribution in [0.3, 0.4) is 0 Å². The van der Waals surface area contributed by atoms with Crippen molar-refractivity contribution in [2.75, 3.05) is 6.61 Å². The van der Waals surface area contributed by atoms with E-state index in [0.717, 1.165) is 24.2 Å². The lowest BCUT2D eigenvalue weighted by atomic mass is 10.3. The predicted octanol–water partition coefficient (Wildman–Crippen LogP) is 1.99. The number of carbonyl (C=O) groups is 1. The SMILES string of the molecule is CCCCOC(=O)c1cn2c(C)cnc2cn1. The molecule has 90 valence electrons. The Morgan fingerprint density at radius 3 is 3.00 bits per heavy atom. The van der Waals surface area contributed by atoms with E-state index >= 15 is 0 Å². The second-order valence-corrected chi connectivity index (χ2v) is 3.89. The first-order chi connectivity index (χ1) is 8.22. The van der Waals surface area contributed by atoms with Crippen molar-refractivity contribution < 1.29 is 9.53 Å². The number of imidazole rings is 1. The molecule has 0 amide bonds. The van der Waals surface area contributed by atoms with E-state index in [-0.39, 0.29) is 5.97 Å². The number of unbranched alkanes of at least 4 members (excludes halogenated alkanes) is 1. The van der Waals surface area contributed by atoms with Crippen LogP contribution in [0.4, 0.5) is 0 Å². The third-order valence-electron chi connectivity index (χ3n) is 2.52. The van der Waals surface area contributed by atoms with Crippen molar-refractivity contribution in [3.8, 4) is 0 Å². The smallest absolute Gasteiger partial charge is 0.358 e. The molecule has 0 aliphatic heterocycles. The van der Waals surface area contributed by atoms with Gasteiger partial charge in [0, 0.05) is 18.1 Å². The van der Waals surface area contributed by atoms with Crippen LogP contribution in [0, 0.1) is 6.92 Å². The fraction of sp³-hybridized carbons (Fsp3) is 0.417. The van der Waals surface area contributed by atoms with Crippen LogP contribution in [-0.2, 0) is 4.74 Å². The van der Waals surface area contributed by atoms with Crippen LogP contribution in [-0.4, -0.2) is 26.9 Å². The number of fused-ring (bicyclic) bond motifs is 1. The summed E-state index contributed by atoms with van der Waals surface area (Å²) in [6, 6.07) is 0. The van der Waals surface area contributed by atoms with Crippen molar-refractivity contribution >= 4 is 11.6 Å². The number of aryl methyl sites for hydroxylation is 1. The number of hydrogen-bond donors (Lipinski definition) is 0. The van der Waals surface area contributed by atoms with Gasteiger partial charge in [-0.2, -0.15) is 0 Å². The number of esters is 1. The zero-order valence-corrected chi connectivity index (χ0v) is 10.0. The molecule has 0 N–H and O–H groups in total. The molecule has 0 fully saturated rings. The minimum absolute atomic E-state index is 0.315. The number of nitrogens with zero attached hydrogens (tertiary/aromatic N) is 3. The summed E-state index contributed by atoms with van der Waals surface area (Å²) in [6.45, 7) is 4.41. The van der Waals surface area contributed by atoms with Crippen LogP contribution in [0.1, 0.15) is 35.9 Å². The van der Waals surface area contributed by atoms with E-state index in [1.54, 1.807) is 18.6 Å². The molecule has 0 aliphatic carbocycles. The Balaban J connectivity index is 2.17. The molecule has 0 spiro atoms. The summed E-state index contributed by atoms with van der Waals surface area (Å²) in [5.41, 5.74) is 2.01. The molecule has 0 unspecified atom stereocenters. The lowest BCUT2D eigenvalue weighted by Gasteiger charge is -2.04. The van der Waals surface area contributed by atoms with E-state index < -0.39 is 0 Å². The van der Waals surface area contributed by atoms with E-state index in [1.165, 1.54) is 0 Å². The van der Waals surface area contributed by atoms with E-state index in [1.807, 2.05) is 18.2 Å². The van der Waals surface area contributed by atoms with Crippen LogP contribution in [0.25, 0.3) is 5.65 Å². The maximum absolute atomic E-state index is 11.7. The van der Waals surface area contributed by atoms with Gasteiger partial charge in [0.1, 0.15) is 0 Å². The minimum Gasteiger partial charge on any atom is -0.461 e. The molecule has 0 saturated carbocycles. The maximum atomic E-state index is 11.7. The number of aromatic nitrogens is 3. The summed E-state index contributed by atoms with van der Waals surface area (Å²) >= 11 is 0. The molecule has 5 heteroatoms. The van der Waals surface area contributed by atoms with Crippen molar-refractivity contribution in [1.82, 2.24) is 14.4 Å². The Labute approximate surface area is 99.5 Å². The highest BCUT2D eigenvalue weighted by molar-refractivity contribution is 5.87. The Kier molecular flexibility index (Phi) is 3.37. The zero-order valence-electron chi connectivity index (χ0n) is 10.0. The molecule has 2 aromatic heterocycles. The van der Waals surface area contributed by atoms with Crippen molar-refractivity contribution in [3.05, 3.63) is 30.0 Å². The molecular formula is C12H15N3O2. The standard InChI is InChI=1S/C12H15N3O2/c1-3-4-5-17-12(16)10-8-15-9(2)6-14-11(15)7-13-10/h6-8H,3-5H2,1-2H3. The number of ether oxygens (including phenoxy) is 1. The van der Waals surface area contributed by atoms with E-state index in [9.17, 15) is 4.79 Å². The fourth-order valence-corrected chi connectivity index (χ4v) is 1.50. The van der Waals surface area contributed by atoms with Crippen LogP contribution < -0.4 is 0 Å². The lowest BCUT2D eigenvalue weighted by molar-refractivity contribution is 0.0492. The van der Waals surface area contributed by atoms with Crippen molar-refractivity contribution in [1.29, 1.82) is 0 Å². The van der Waals surface area contributed by atoms with E-state index in [4.69, 9.17) is 4.74 Å². The van der Waals surface area contributed by atoms with Gasteiger partial charge in [0.05, 0.1) is 12.8 Å². The van der Waals surface area contributed by atoms with Gasteiger partial charge < -0.3 is 9.14 Å². The normalized spacial score (nSPS) is 10.7. The van der Waals surface area contributed by atoms with Gasteiger partial charge in [0.15, 0.2) is 11.3 Å². The average molecular weight is 233 g/mol. The lowest BCUT2D eigenvalue weighted by Crippen LogP contribution is -2.09. The summed E-state index contributed by atoms with van der Waals surface area (Å²) in [6.07, 6.45) is 6.84. The molecule has 0 aliphatic rings. The van der Waals surface area contributed by atoms with Gasteiger partial charge in [-0.15, -0.1) is 0 Å². The number of carbonyl (C=O) groups excluding carboxylic acids is 1. The van der Waals surface area contributed by atoms with Crippen LogP contribution in [0.5, 0.6) is 0 Å². The topological polar surface area (TPSA) is 56.5 Å². The number of hydrogen-bond acceptors (Lipinski definition) is 4. The third-order valence-corrected chi connectivity index (χ3v) is 2.52. The molecule has 17 heavy (non-hydrogen) atoms. The van der Waals surface area contributed by atoms with Crippen LogP contribution in [0.15, 0.2) is 18.6 Å².